The van der Waals surface area contributed by atoms with Crippen molar-refractivity contribution in [1.82, 2.24) is 10.3 Å². The lowest BCUT2D eigenvalue weighted by Crippen LogP contribution is -2.33. The molecule has 0 spiro atoms. The lowest BCUT2D eigenvalue weighted by atomic mass is 9.96. The van der Waals surface area contributed by atoms with Crippen LogP contribution in [0.15, 0.2) is 48.8 Å². The number of pyridine rings is 1. The third-order valence-electron chi connectivity index (χ3n) is 4.17. The lowest BCUT2D eigenvalue weighted by molar-refractivity contribution is -0.118. The summed E-state index contributed by atoms with van der Waals surface area (Å²) < 4.78 is 13.4. The second-order valence-electron chi connectivity index (χ2n) is 5.92. The molecule has 5 heteroatoms. The van der Waals surface area contributed by atoms with Crippen molar-refractivity contribution in [3.63, 3.8) is 0 Å². The van der Waals surface area contributed by atoms with E-state index in [4.69, 9.17) is 0 Å². The normalized spacial score (nSPS) is 15.2. The molecule has 0 unspecified atom stereocenters. The summed E-state index contributed by atoms with van der Waals surface area (Å²) in [5, 5.41) is 3.00. The molecule has 0 aliphatic heterocycles. The number of nitrogens with zero attached hydrogens (tertiary/aromatic N) is 1. The van der Waals surface area contributed by atoms with Crippen LogP contribution in [-0.4, -0.2) is 23.2 Å². The molecule has 1 saturated carbocycles. The van der Waals surface area contributed by atoms with Crippen molar-refractivity contribution in [3.05, 3.63) is 65.7 Å². The van der Waals surface area contributed by atoms with Gasteiger partial charge in [-0.3, -0.25) is 9.78 Å². The molecule has 0 radical (unpaired) electrons. The molecule has 3 nitrogen and oxygen atoms in total. The summed E-state index contributed by atoms with van der Waals surface area (Å²) in [4.78, 5) is 16.0. The van der Waals surface area contributed by atoms with Gasteiger partial charge < -0.3 is 5.32 Å². The van der Waals surface area contributed by atoms with Crippen LogP contribution in [0, 0.1) is 5.82 Å². The molecule has 1 N–H and O–H groups in total. The predicted molar refractivity (Wildman–Crippen MR) is 90.7 cm³/mol. The first kappa shape index (κ1) is 16.0. The number of rotatable bonds is 7. The van der Waals surface area contributed by atoms with Gasteiger partial charge in [0.05, 0.1) is 5.75 Å². The summed E-state index contributed by atoms with van der Waals surface area (Å²) in [5.74, 6) is 1.05. The second kappa shape index (κ2) is 7.13. The Hall–Kier alpha value is -1.88. The highest BCUT2D eigenvalue weighted by Gasteiger charge is 2.44. The fourth-order valence-electron chi connectivity index (χ4n) is 2.60. The van der Waals surface area contributed by atoms with Gasteiger partial charge in [-0.1, -0.05) is 12.1 Å². The van der Waals surface area contributed by atoms with Gasteiger partial charge in [-0.25, -0.2) is 4.39 Å². The van der Waals surface area contributed by atoms with Gasteiger partial charge in [0.2, 0.25) is 5.91 Å². The van der Waals surface area contributed by atoms with E-state index in [9.17, 15) is 9.18 Å². The van der Waals surface area contributed by atoms with Crippen LogP contribution in [0.25, 0.3) is 0 Å². The quantitative estimate of drug-likeness (QED) is 0.847. The number of aromatic nitrogens is 1. The second-order valence-corrected chi connectivity index (χ2v) is 6.90. The van der Waals surface area contributed by atoms with E-state index in [0.29, 0.717) is 12.3 Å². The minimum absolute atomic E-state index is 0.0340. The van der Waals surface area contributed by atoms with Crippen molar-refractivity contribution in [1.29, 1.82) is 0 Å². The molecule has 120 valence electrons. The van der Waals surface area contributed by atoms with Crippen molar-refractivity contribution < 1.29 is 9.18 Å². The lowest BCUT2D eigenvalue weighted by Gasteiger charge is -2.16. The van der Waals surface area contributed by atoms with E-state index in [1.807, 2.05) is 18.2 Å². The number of thioether (sulfide) groups is 1. The topological polar surface area (TPSA) is 42.0 Å². The highest BCUT2D eigenvalue weighted by atomic mass is 32.2. The number of halogens is 1. The van der Waals surface area contributed by atoms with Crippen molar-refractivity contribution in [2.24, 2.45) is 0 Å². The standard InChI is InChI=1S/C18H19FN2OS/c19-16-3-1-2-15(10-16)18(6-7-18)13-21-17(22)12-23-11-14-4-8-20-9-5-14/h1-5,8-10H,6-7,11-13H2,(H,21,22). The molecule has 1 aromatic carbocycles. The van der Waals surface area contributed by atoms with Crippen molar-refractivity contribution in [3.8, 4) is 0 Å². The SMILES string of the molecule is O=C(CSCc1ccncc1)NCC1(c2cccc(F)c2)CC1. The van der Waals surface area contributed by atoms with Gasteiger partial charge in [-0.2, -0.15) is 0 Å². The van der Waals surface area contributed by atoms with Gasteiger partial charge in [0.15, 0.2) is 0 Å². The summed E-state index contributed by atoms with van der Waals surface area (Å²) in [6.07, 6.45) is 5.51. The molecule has 1 amide bonds. The first-order valence-corrected chi connectivity index (χ1v) is 8.83. The molecular weight excluding hydrogens is 311 g/mol. The summed E-state index contributed by atoms with van der Waals surface area (Å²) in [6.45, 7) is 0.588. The first-order chi connectivity index (χ1) is 11.2. The summed E-state index contributed by atoms with van der Waals surface area (Å²) >= 11 is 1.58. The Bertz CT molecular complexity index is 674. The number of hydrogen-bond acceptors (Lipinski definition) is 3. The Morgan fingerprint density at radius 3 is 2.74 bits per heavy atom. The zero-order valence-electron chi connectivity index (χ0n) is 12.8. The fourth-order valence-corrected chi connectivity index (χ4v) is 3.41. The number of carbonyl (C=O) groups excluding carboxylic acids is 1. The number of hydrogen-bond donors (Lipinski definition) is 1. The Labute approximate surface area is 139 Å². The van der Waals surface area contributed by atoms with Gasteiger partial charge in [0, 0.05) is 30.1 Å². The summed E-state index contributed by atoms with van der Waals surface area (Å²) in [7, 11) is 0. The Balaban J connectivity index is 1.44. The smallest absolute Gasteiger partial charge is 0.230 e. The van der Waals surface area contributed by atoms with Gasteiger partial charge in [-0.05, 0) is 48.2 Å². The van der Waals surface area contributed by atoms with E-state index in [1.165, 1.54) is 6.07 Å². The average Bonchev–Trinajstić information content (AvgIpc) is 3.35. The number of amides is 1. The molecule has 1 aromatic heterocycles. The molecule has 3 rings (SSSR count). The highest BCUT2D eigenvalue weighted by molar-refractivity contribution is 7.99. The van der Waals surface area contributed by atoms with Crippen LogP contribution in [-0.2, 0) is 16.0 Å². The Morgan fingerprint density at radius 2 is 2.04 bits per heavy atom. The molecule has 1 fully saturated rings. The highest BCUT2D eigenvalue weighted by Crippen LogP contribution is 2.47. The molecule has 0 atom stereocenters. The van der Waals surface area contributed by atoms with E-state index in [-0.39, 0.29) is 17.1 Å². The molecule has 23 heavy (non-hydrogen) atoms. The van der Waals surface area contributed by atoms with Gasteiger partial charge >= 0.3 is 0 Å². The molecular formula is C18H19FN2OS. The number of carbonyl (C=O) groups is 1. The van der Waals surface area contributed by atoms with Crippen LogP contribution in [0.2, 0.25) is 0 Å². The van der Waals surface area contributed by atoms with E-state index in [1.54, 1.807) is 36.3 Å². The fraction of sp³-hybridized carbons (Fsp3) is 0.333. The monoisotopic (exact) mass is 330 g/mol. The average molecular weight is 330 g/mol. The van der Waals surface area contributed by atoms with Crippen LogP contribution < -0.4 is 5.32 Å². The number of benzene rings is 1. The van der Waals surface area contributed by atoms with E-state index >= 15 is 0 Å². The summed E-state index contributed by atoms with van der Waals surface area (Å²) in [6, 6.07) is 10.6. The molecule has 1 heterocycles. The minimum Gasteiger partial charge on any atom is -0.354 e. The van der Waals surface area contributed by atoms with Gasteiger partial charge in [-0.15, -0.1) is 11.8 Å². The maximum atomic E-state index is 13.4. The third kappa shape index (κ3) is 4.32. The molecule has 2 aromatic rings. The zero-order valence-corrected chi connectivity index (χ0v) is 13.6. The van der Waals surface area contributed by atoms with E-state index in [2.05, 4.69) is 10.3 Å². The van der Waals surface area contributed by atoms with Crippen LogP contribution in [0.3, 0.4) is 0 Å². The predicted octanol–water partition coefficient (Wildman–Crippen LogP) is 3.30. The third-order valence-corrected chi connectivity index (χ3v) is 5.17. The molecule has 0 saturated heterocycles. The van der Waals surface area contributed by atoms with E-state index in [0.717, 1.165) is 29.7 Å². The Kier molecular flexibility index (Phi) is 4.96. The minimum atomic E-state index is -0.215. The molecule has 1 aliphatic rings. The van der Waals surface area contributed by atoms with Crippen LogP contribution in [0.1, 0.15) is 24.0 Å². The number of nitrogens with one attached hydrogen (secondary N) is 1. The zero-order chi connectivity index (χ0) is 16.1. The van der Waals surface area contributed by atoms with Gasteiger partial charge in [0.25, 0.3) is 0 Å². The largest absolute Gasteiger partial charge is 0.354 e. The Morgan fingerprint density at radius 1 is 1.26 bits per heavy atom. The molecule has 0 bridgehead atoms. The van der Waals surface area contributed by atoms with Gasteiger partial charge in [0.1, 0.15) is 5.82 Å². The summed E-state index contributed by atoms with van der Waals surface area (Å²) in [5.41, 5.74) is 2.09. The maximum Gasteiger partial charge on any atom is 0.230 e. The van der Waals surface area contributed by atoms with Crippen LogP contribution >= 0.6 is 11.8 Å². The maximum absolute atomic E-state index is 13.4. The first-order valence-electron chi connectivity index (χ1n) is 7.67. The van der Waals surface area contributed by atoms with Crippen LogP contribution in [0.4, 0.5) is 4.39 Å². The van der Waals surface area contributed by atoms with Crippen molar-refractivity contribution in [2.45, 2.75) is 24.0 Å². The molecule has 1 aliphatic carbocycles. The van der Waals surface area contributed by atoms with Crippen molar-refractivity contribution >= 4 is 17.7 Å². The van der Waals surface area contributed by atoms with Crippen molar-refractivity contribution in [2.75, 3.05) is 12.3 Å². The van der Waals surface area contributed by atoms with E-state index < -0.39 is 0 Å². The van der Waals surface area contributed by atoms with Crippen LogP contribution in [0.5, 0.6) is 0 Å².